The number of esters is 1. The first-order chi connectivity index (χ1) is 16.3. The first-order valence-corrected chi connectivity index (χ1v) is 13.0. The van der Waals surface area contributed by atoms with Gasteiger partial charge in [0.2, 0.25) is 0 Å². The molecule has 3 fully saturated rings. The molecule has 6 atom stereocenters. The maximum Gasteiger partial charge on any atom is 0.306 e. The molecule has 2 aliphatic heterocycles. The van der Waals surface area contributed by atoms with Crippen LogP contribution in [0.2, 0.25) is 0 Å². The zero-order valence-corrected chi connectivity index (χ0v) is 23.4. The van der Waals surface area contributed by atoms with E-state index in [1.165, 1.54) is 5.57 Å². The quantitative estimate of drug-likeness (QED) is 0.119. The van der Waals surface area contributed by atoms with Gasteiger partial charge in [-0.25, -0.2) is 0 Å². The van der Waals surface area contributed by atoms with Gasteiger partial charge in [-0.05, 0) is 52.9 Å². The summed E-state index contributed by atoms with van der Waals surface area (Å²) in [5, 5.41) is 2.83. The maximum absolute atomic E-state index is 12.6. The smallest absolute Gasteiger partial charge is 0.306 e. The Morgan fingerprint density at radius 3 is 2.49 bits per heavy atom. The molecule has 0 aromatic rings. The second-order valence-electron chi connectivity index (χ2n) is 10.5. The van der Waals surface area contributed by atoms with Gasteiger partial charge >= 0.3 is 5.97 Å². The molecule has 1 radical (unpaired) electrons. The summed E-state index contributed by atoms with van der Waals surface area (Å²) in [5.74, 6) is -0.105. The summed E-state index contributed by atoms with van der Waals surface area (Å²) >= 11 is 0. The van der Waals surface area contributed by atoms with Gasteiger partial charge in [-0.15, -0.1) is 6.42 Å². The predicted octanol–water partition coefficient (Wildman–Crippen LogP) is 4.28. The van der Waals surface area contributed by atoms with Crippen molar-refractivity contribution in [3.05, 3.63) is 18.6 Å². The Morgan fingerprint density at radius 2 is 1.86 bits per heavy atom. The van der Waals surface area contributed by atoms with Crippen LogP contribution < -0.4 is 5.32 Å². The van der Waals surface area contributed by atoms with Crippen LogP contribution in [0.4, 0.5) is 0 Å². The fraction of sp³-hybridized carbons (Fsp3) is 0.815. The second kappa shape index (κ2) is 13.6. The van der Waals surface area contributed by atoms with Crippen LogP contribution in [0.15, 0.2) is 11.6 Å². The molecule has 3 aliphatic rings. The molecule has 7 nitrogen and oxygen atoms in total. The van der Waals surface area contributed by atoms with Gasteiger partial charge in [0.1, 0.15) is 23.4 Å². The number of allylic oxidation sites excluding steroid dienone is 1. The normalized spacial score (nSPS) is 32.9. The van der Waals surface area contributed by atoms with Crippen LogP contribution in [0.5, 0.6) is 0 Å². The van der Waals surface area contributed by atoms with Crippen LogP contribution in [0, 0.1) is 12.8 Å². The number of unbranched alkanes of at least 4 members (excludes halogenated alkanes) is 4. The molecule has 2 saturated heterocycles. The predicted molar refractivity (Wildman–Crippen MR) is 130 cm³/mol. The third-order valence-electron chi connectivity index (χ3n) is 7.63. The summed E-state index contributed by atoms with van der Waals surface area (Å²) in [6.45, 7) is 11.3. The van der Waals surface area contributed by atoms with Crippen LogP contribution in [-0.2, 0) is 47.1 Å². The van der Waals surface area contributed by atoms with Crippen molar-refractivity contribution in [3.8, 4) is 0 Å². The van der Waals surface area contributed by atoms with Crippen molar-refractivity contribution >= 4 is 11.9 Å². The maximum atomic E-state index is 12.6. The summed E-state index contributed by atoms with van der Waals surface area (Å²) < 4.78 is 24.1. The summed E-state index contributed by atoms with van der Waals surface area (Å²) in [6.07, 6.45) is 9.92. The molecule has 1 aliphatic carbocycles. The fourth-order valence-corrected chi connectivity index (χ4v) is 5.54. The fourth-order valence-electron chi connectivity index (χ4n) is 5.54. The minimum atomic E-state index is -0.318. The number of hydrogen-bond donors (Lipinski definition) is 1. The molecule has 1 N–H and O–H groups in total. The first-order valence-electron chi connectivity index (χ1n) is 13.0. The molecule has 1 saturated carbocycles. The van der Waals surface area contributed by atoms with E-state index in [-0.39, 0.29) is 72.3 Å². The molecule has 0 aromatic heterocycles. The topological polar surface area (TPSA) is 89.7 Å². The molecular weight excluding hydrogens is 485 g/mol. The standard InChI is InChI=1S/C27H44NO6.V/c1-6-22(29)28-17-11-9-7-8-10-12-23(30)33-20-15-16-27(18-32-27)25(24(20)31-5)26(4)21(34-26)14-13-19(2)3;/h13,20-21,24-25H,1,6-12,14-18H2,2-5H3,(H,28,29);/q-1;/t20?,21-,24?,25?,26-,27+;/m1./s1. The molecule has 199 valence electrons. The van der Waals surface area contributed by atoms with E-state index in [4.69, 9.17) is 18.9 Å². The van der Waals surface area contributed by atoms with E-state index in [9.17, 15) is 9.59 Å². The molecule has 0 bridgehead atoms. The third kappa shape index (κ3) is 8.06. The van der Waals surface area contributed by atoms with Gasteiger partial charge in [-0.3, -0.25) is 9.59 Å². The Labute approximate surface area is 223 Å². The van der Waals surface area contributed by atoms with Gasteiger partial charge < -0.3 is 31.2 Å². The Hall–Kier alpha value is -0.856. The van der Waals surface area contributed by atoms with Crippen molar-refractivity contribution in [1.82, 2.24) is 5.32 Å². The average Bonchev–Trinajstić information content (AvgIpc) is 3.72. The van der Waals surface area contributed by atoms with Gasteiger partial charge in [-0.2, -0.15) is 0 Å². The van der Waals surface area contributed by atoms with Crippen molar-refractivity contribution < 1.29 is 47.1 Å². The number of methoxy groups -OCH3 is 1. The SMILES string of the molecule is [CH2-]CC(=O)NCCCCCCCC(=O)OC1CC[C@]2(CO2)C([C@]2(C)O[C@@H]2CC=C(C)C)C1OC.[V]. The Balaban J connectivity index is 0.00000432. The summed E-state index contributed by atoms with van der Waals surface area (Å²) in [4.78, 5) is 23.8. The van der Waals surface area contributed by atoms with E-state index in [0.717, 1.165) is 58.0 Å². The van der Waals surface area contributed by atoms with Crippen molar-refractivity contribution in [1.29, 1.82) is 0 Å². The van der Waals surface area contributed by atoms with E-state index in [1.54, 1.807) is 7.11 Å². The van der Waals surface area contributed by atoms with E-state index >= 15 is 0 Å². The van der Waals surface area contributed by atoms with Gasteiger partial charge in [-0.1, -0.05) is 30.9 Å². The zero-order chi connectivity index (χ0) is 24.8. The van der Waals surface area contributed by atoms with E-state index in [0.29, 0.717) is 13.0 Å². The Kier molecular flexibility index (Phi) is 11.8. The number of carbonyl (C=O) groups excluding carboxylic acids is 2. The zero-order valence-electron chi connectivity index (χ0n) is 22.0. The van der Waals surface area contributed by atoms with Crippen molar-refractivity contribution in [3.63, 3.8) is 0 Å². The summed E-state index contributed by atoms with van der Waals surface area (Å²) in [7, 11) is 1.70. The molecule has 3 unspecified atom stereocenters. The van der Waals surface area contributed by atoms with Crippen LogP contribution >= 0.6 is 0 Å². The molecule has 35 heavy (non-hydrogen) atoms. The van der Waals surface area contributed by atoms with Crippen molar-refractivity contribution in [2.45, 2.75) is 114 Å². The molecule has 0 aromatic carbocycles. The molecule has 1 amide bonds. The van der Waals surface area contributed by atoms with Gasteiger partial charge in [0.05, 0.1) is 18.6 Å². The van der Waals surface area contributed by atoms with Gasteiger partial charge in [0, 0.05) is 38.6 Å². The molecule has 1 spiro atoms. The van der Waals surface area contributed by atoms with E-state index in [2.05, 4.69) is 39.1 Å². The second-order valence-corrected chi connectivity index (χ2v) is 10.5. The van der Waals surface area contributed by atoms with Crippen LogP contribution in [-0.4, -0.2) is 61.7 Å². The minimum absolute atomic E-state index is 0. The van der Waals surface area contributed by atoms with Crippen LogP contribution in [0.25, 0.3) is 0 Å². The van der Waals surface area contributed by atoms with Crippen LogP contribution in [0.3, 0.4) is 0 Å². The molecule has 8 heteroatoms. The molecule has 2 heterocycles. The van der Waals surface area contributed by atoms with Gasteiger partial charge in [0.15, 0.2) is 5.91 Å². The van der Waals surface area contributed by atoms with Crippen molar-refractivity contribution in [2.75, 3.05) is 20.3 Å². The first kappa shape index (κ1) is 30.4. The van der Waals surface area contributed by atoms with Crippen molar-refractivity contribution in [2.24, 2.45) is 5.92 Å². The Bertz CT molecular complexity index is 735. The molecular formula is C27H44NO6V-. The van der Waals surface area contributed by atoms with Gasteiger partial charge in [0.25, 0.3) is 0 Å². The van der Waals surface area contributed by atoms with Crippen LogP contribution in [0.1, 0.15) is 85.0 Å². The largest absolute Gasteiger partial charge is 0.460 e. The monoisotopic (exact) mass is 529 g/mol. The van der Waals surface area contributed by atoms with E-state index in [1.807, 2.05) is 0 Å². The third-order valence-corrected chi connectivity index (χ3v) is 7.63. The van der Waals surface area contributed by atoms with E-state index < -0.39 is 0 Å². The number of ether oxygens (including phenoxy) is 4. The number of amides is 1. The Morgan fingerprint density at radius 1 is 1.17 bits per heavy atom. The number of nitrogens with one attached hydrogen (secondary N) is 1. The summed E-state index contributed by atoms with van der Waals surface area (Å²) in [6, 6.07) is 0. The number of rotatable bonds is 14. The number of epoxide rings is 2. The average molecular weight is 530 g/mol. The number of hydrogen-bond acceptors (Lipinski definition) is 6. The summed E-state index contributed by atoms with van der Waals surface area (Å²) in [5.41, 5.74) is 0.765. The molecule has 3 rings (SSSR count). The minimum Gasteiger partial charge on any atom is -0.460 e. The number of carbonyl (C=O) groups is 2.